The molecule has 0 aromatic heterocycles. The van der Waals surface area contributed by atoms with Gasteiger partial charge in [-0.15, -0.1) is 0 Å². The van der Waals surface area contributed by atoms with E-state index in [1.54, 1.807) is 20.8 Å². The molecule has 0 aliphatic heterocycles. The lowest BCUT2D eigenvalue weighted by Crippen LogP contribution is -1.95. The number of unbranched alkanes of at least 4 members (excludes halogenated alkanes) is 30. The largest absolute Gasteiger partial charge is 0.466 e. The molecule has 6 heteroatoms. The highest BCUT2D eigenvalue weighted by atomic mass is 16.5. The number of hydrogen-bond donors (Lipinski definition) is 0. The summed E-state index contributed by atoms with van der Waals surface area (Å²) >= 11 is 0. The average Bonchev–Trinajstić information content (AvgIpc) is 3.43. The van der Waals surface area contributed by atoms with Gasteiger partial charge in [0.05, 0.1) is 19.8 Å². The number of rotatable bonds is 33. The molecule has 0 unspecified atom stereocenters. The third kappa shape index (κ3) is 287. The summed E-state index contributed by atoms with van der Waals surface area (Å²) < 4.78 is 13.2. The number of carbonyl (C=O) groups excluding carboxylic acids is 3. The summed E-state index contributed by atoms with van der Waals surface area (Å²) in [5, 5.41) is 0. The van der Waals surface area contributed by atoms with E-state index in [-0.39, 0.29) is 17.9 Å². The fraction of sp³-hybridized carbons (Fsp3) is 0.958. The Balaban J connectivity index is -0.0000000533. The SMILES string of the molecule is CCCCCC.CCCCCC.CCCCCC.CCCCCC.CCCCCC.CCCCCC.CCCCCC.CCCCCC.CCCCCC.CCCCCC.CCOC(C)=O.CCOC(C)=O.CCOC(C)=O. The molecule has 0 radical (unpaired) electrons. The van der Waals surface area contributed by atoms with Crippen LogP contribution in [0.25, 0.3) is 0 Å². The number of carbonyl (C=O) groups is 3. The third-order valence-corrected chi connectivity index (χ3v) is 10.6. The zero-order valence-corrected chi connectivity index (χ0v) is 60.4. The Kier molecular flexibility index (Phi) is 203. The second kappa shape index (κ2) is 146. The van der Waals surface area contributed by atoms with Gasteiger partial charge in [-0.25, -0.2) is 0 Å². The molecule has 488 valence electrons. The van der Waals surface area contributed by atoms with Crippen LogP contribution in [-0.2, 0) is 28.6 Å². The third-order valence-electron chi connectivity index (χ3n) is 10.6. The van der Waals surface area contributed by atoms with Gasteiger partial charge in [-0.05, 0) is 20.8 Å². The number of ether oxygens (including phenoxy) is 3. The Bertz CT molecular complexity index is 576. The summed E-state index contributed by atoms with van der Waals surface area (Å²) in [6, 6.07) is 0. The maximum Gasteiger partial charge on any atom is 0.302 e. The molecular formula is C72H164O6. The van der Waals surface area contributed by atoms with Crippen LogP contribution in [0.5, 0.6) is 0 Å². The van der Waals surface area contributed by atoms with E-state index >= 15 is 0 Å². The molecule has 0 saturated heterocycles. The first-order valence-electron chi connectivity index (χ1n) is 34.9. The molecule has 0 aliphatic rings. The molecular weight excluding hydrogens is 961 g/mol. The second-order valence-corrected chi connectivity index (χ2v) is 19.8. The van der Waals surface area contributed by atoms with E-state index in [0.29, 0.717) is 19.8 Å². The highest BCUT2D eigenvalue weighted by molar-refractivity contribution is 5.66. The fourth-order valence-corrected chi connectivity index (χ4v) is 5.61. The molecule has 0 aliphatic carbocycles. The molecule has 0 atom stereocenters. The zero-order valence-electron chi connectivity index (χ0n) is 60.4. The zero-order chi connectivity index (χ0) is 63.3. The van der Waals surface area contributed by atoms with E-state index in [1.165, 1.54) is 278 Å². The average molecular weight is 1130 g/mol. The molecule has 0 rings (SSSR count). The van der Waals surface area contributed by atoms with Crippen LogP contribution in [0, 0.1) is 0 Å². The normalized spacial score (nSPS) is 8.69. The first-order chi connectivity index (χ1) is 37.5. The molecule has 0 fully saturated rings. The van der Waals surface area contributed by atoms with Gasteiger partial charge >= 0.3 is 17.9 Å². The maximum atomic E-state index is 9.82. The summed E-state index contributed by atoms with van der Waals surface area (Å²) in [5.41, 5.74) is 0. The first-order valence-corrected chi connectivity index (χ1v) is 34.9. The van der Waals surface area contributed by atoms with E-state index in [0.717, 1.165) is 0 Å². The second-order valence-electron chi connectivity index (χ2n) is 19.8. The van der Waals surface area contributed by atoms with Crippen LogP contribution in [0.15, 0.2) is 0 Å². The van der Waals surface area contributed by atoms with E-state index in [2.05, 4.69) is 153 Å². The van der Waals surface area contributed by atoms with Crippen LogP contribution in [0.4, 0.5) is 0 Å². The molecule has 0 bridgehead atoms. The van der Waals surface area contributed by atoms with E-state index in [1.807, 2.05) is 0 Å². The van der Waals surface area contributed by atoms with Gasteiger partial charge in [0.1, 0.15) is 0 Å². The summed E-state index contributed by atoms with van der Waals surface area (Å²) in [5.74, 6) is -0.632. The van der Waals surface area contributed by atoms with Gasteiger partial charge in [-0.2, -0.15) is 0 Å². The lowest BCUT2D eigenvalue weighted by Gasteiger charge is -1.89. The Labute approximate surface area is 501 Å². The quantitative estimate of drug-likeness (QED) is 0.0370. The lowest BCUT2D eigenvalue weighted by molar-refractivity contribution is -0.141. The molecule has 0 aromatic carbocycles. The molecule has 0 saturated carbocycles. The minimum Gasteiger partial charge on any atom is -0.466 e. The molecule has 0 N–H and O–H groups in total. The van der Waals surface area contributed by atoms with Gasteiger partial charge in [0.25, 0.3) is 0 Å². The predicted molar refractivity (Wildman–Crippen MR) is 365 cm³/mol. The van der Waals surface area contributed by atoms with Crippen molar-refractivity contribution in [1.82, 2.24) is 0 Å². The molecule has 0 aromatic rings. The summed E-state index contributed by atoms with van der Waals surface area (Å²) in [7, 11) is 0. The fourth-order valence-electron chi connectivity index (χ4n) is 5.61. The van der Waals surface area contributed by atoms with Crippen molar-refractivity contribution in [1.29, 1.82) is 0 Å². The van der Waals surface area contributed by atoms with Crippen LogP contribution >= 0.6 is 0 Å². The smallest absolute Gasteiger partial charge is 0.302 e. The minimum atomic E-state index is -0.211. The van der Waals surface area contributed by atoms with Crippen molar-refractivity contribution < 1.29 is 28.6 Å². The van der Waals surface area contributed by atoms with Crippen molar-refractivity contribution in [3.8, 4) is 0 Å². The van der Waals surface area contributed by atoms with Crippen molar-refractivity contribution in [3.05, 3.63) is 0 Å². The lowest BCUT2D eigenvalue weighted by atomic mass is 10.2. The van der Waals surface area contributed by atoms with Crippen molar-refractivity contribution in [2.75, 3.05) is 19.8 Å². The van der Waals surface area contributed by atoms with Crippen LogP contribution in [-0.4, -0.2) is 37.7 Å². The Morgan fingerprint density at radius 2 is 0.231 bits per heavy atom. The summed E-state index contributed by atoms with van der Waals surface area (Å²) in [4.78, 5) is 29.5. The minimum absolute atomic E-state index is 0.211. The molecule has 0 heterocycles. The van der Waals surface area contributed by atoms with Crippen molar-refractivity contribution >= 4 is 17.9 Å². The van der Waals surface area contributed by atoms with Gasteiger partial charge in [0.15, 0.2) is 0 Å². The summed E-state index contributed by atoms with van der Waals surface area (Å²) in [6.07, 6.45) is 55.4. The van der Waals surface area contributed by atoms with Crippen molar-refractivity contribution in [2.45, 2.75) is 437 Å². The van der Waals surface area contributed by atoms with E-state index in [9.17, 15) is 14.4 Å². The molecule has 0 spiro atoms. The summed E-state index contributed by atoms with van der Waals surface area (Å²) in [6.45, 7) is 55.6. The van der Waals surface area contributed by atoms with Gasteiger partial charge in [0, 0.05) is 20.8 Å². The highest BCUT2D eigenvalue weighted by Gasteiger charge is 1.84. The Morgan fingerprint density at radius 3 is 0.244 bits per heavy atom. The monoisotopic (exact) mass is 1130 g/mol. The van der Waals surface area contributed by atoms with Crippen molar-refractivity contribution in [3.63, 3.8) is 0 Å². The topological polar surface area (TPSA) is 78.9 Å². The standard InChI is InChI=1S/10C6H14.3C4H8O2/c10*1-3-5-6-4-2;3*1-3-6-4(2)5/h10*3-6H2,1-2H3;3*3H2,1-2H3. The van der Waals surface area contributed by atoms with Gasteiger partial charge in [-0.1, -0.05) is 395 Å². The predicted octanol–water partition coefficient (Wildman–Crippen LogP) is 27.6. The van der Waals surface area contributed by atoms with Crippen molar-refractivity contribution in [2.24, 2.45) is 0 Å². The van der Waals surface area contributed by atoms with Gasteiger partial charge < -0.3 is 14.2 Å². The van der Waals surface area contributed by atoms with Crippen LogP contribution in [0.1, 0.15) is 437 Å². The van der Waals surface area contributed by atoms with E-state index in [4.69, 9.17) is 0 Å². The Morgan fingerprint density at radius 1 is 0.167 bits per heavy atom. The van der Waals surface area contributed by atoms with E-state index < -0.39 is 0 Å². The van der Waals surface area contributed by atoms with Crippen LogP contribution < -0.4 is 0 Å². The highest BCUT2D eigenvalue weighted by Crippen LogP contribution is 2.00. The molecule has 6 nitrogen and oxygen atoms in total. The maximum absolute atomic E-state index is 9.82. The van der Waals surface area contributed by atoms with Crippen LogP contribution in [0.3, 0.4) is 0 Å². The van der Waals surface area contributed by atoms with Gasteiger partial charge in [0.2, 0.25) is 0 Å². The number of hydrogen-bond acceptors (Lipinski definition) is 6. The molecule has 0 amide bonds. The number of esters is 3. The first kappa shape index (κ1) is 108. The van der Waals surface area contributed by atoms with Gasteiger partial charge in [-0.3, -0.25) is 14.4 Å². The van der Waals surface area contributed by atoms with Crippen LogP contribution in [0.2, 0.25) is 0 Å². The Hall–Kier alpha value is -1.59. The molecule has 78 heavy (non-hydrogen) atoms.